The number of nitrogens with one attached hydrogen (secondary N) is 1. The molecule has 2 heterocycles. The summed E-state index contributed by atoms with van der Waals surface area (Å²) in [7, 11) is 1.70. The maximum Gasteiger partial charge on any atom is 0.416 e. The Balaban J connectivity index is 1.70. The van der Waals surface area contributed by atoms with Gasteiger partial charge >= 0.3 is 12.1 Å². The molecule has 0 bridgehead atoms. The molecule has 0 unspecified atom stereocenters. The molecule has 1 aromatic heterocycles. The second-order valence-electron chi connectivity index (χ2n) is 8.30. The van der Waals surface area contributed by atoms with Crippen molar-refractivity contribution >= 4 is 18.0 Å². The summed E-state index contributed by atoms with van der Waals surface area (Å²) in [6.45, 7) is 3.29. The first-order valence-electron chi connectivity index (χ1n) is 11.0. The molecule has 1 aliphatic heterocycles. The number of rotatable bonds is 7. The summed E-state index contributed by atoms with van der Waals surface area (Å²) in [6.07, 6.45) is 5.44. The van der Waals surface area contributed by atoms with E-state index in [0.717, 1.165) is 29.4 Å². The zero-order chi connectivity index (χ0) is 23.1. The number of hydrogen-bond acceptors (Lipinski definition) is 4. The minimum absolute atomic E-state index is 0.190. The molecule has 2 N–H and O–H groups in total. The minimum Gasteiger partial charge on any atom is -0.464 e. The van der Waals surface area contributed by atoms with Crippen LogP contribution in [0.4, 0.5) is 9.59 Å². The summed E-state index contributed by atoms with van der Waals surface area (Å²) in [5.74, 6) is -0.190. The van der Waals surface area contributed by atoms with Crippen LogP contribution in [0.1, 0.15) is 37.4 Å². The lowest BCUT2D eigenvalue weighted by atomic mass is 10.0. The molecule has 32 heavy (non-hydrogen) atoms. The lowest BCUT2D eigenvalue weighted by molar-refractivity contribution is -0.133. The first-order valence-corrected chi connectivity index (χ1v) is 11.0. The van der Waals surface area contributed by atoms with Crippen molar-refractivity contribution in [2.45, 2.75) is 51.1 Å². The molecular formula is C23H31N5O4. The van der Waals surface area contributed by atoms with Gasteiger partial charge < -0.3 is 20.2 Å². The molecule has 0 spiro atoms. The summed E-state index contributed by atoms with van der Waals surface area (Å²) in [6, 6.07) is 8.48. The number of piperidine rings is 1. The third-order valence-corrected chi connectivity index (χ3v) is 5.89. The quantitative estimate of drug-likeness (QED) is 0.687. The number of carbonyl (C=O) groups is 3. The number of amides is 3. The van der Waals surface area contributed by atoms with Gasteiger partial charge in [-0.25, -0.2) is 19.1 Å². The van der Waals surface area contributed by atoms with E-state index in [-0.39, 0.29) is 18.0 Å². The van der Waals surface area contributed by atoms with E-state index in [1.807, 2.05) is 37.3 Å². The van der Waals surface area contributed by atoms with Crippen molar-refractivity contribution in [2.75, 3.05) is 20.1 Å². The van der Waals surface area contributed by atoms with Gasteiger partial charge in [0.15, 0.2) is 0 Å². The molecule has 1 aliphatic rings. The largest absolute Gasteiger partial charge is 0.464 e. The normalized spacial score (nSPS) is 15.6. The van der Waals surface area contributed by atoms with Gasteiger partial charge in [0.25, 0.3) is 0 Å². The van der Waals surface area contributed by atoms with Gasteiger partial charge in [-0.1, -0.05) is 30.3 Å². The highest BCUT2D eigenvalue weighted by atomic mass is 16.4. The van der Waals surface area contributed by atoms with Crippen LogP contribution in [0.25, 0.3) is 0 Å². The Hall–Kier alpha value is -3.36. The molecule has 1 fully saturated rings. The van der Waals surface area contributed by atoms with E-state index in [1.54, 1.807) is 16.8 Å². The van der Waals surface area contributed by atoms with Gasteiger partial charge in [-0.05, 0) is 31.7 Å². The van der Waals surface area contributed by atoms with Crippen molar-refractivity contribution < 1.29 is 19.5 Å². The second-order valence-corrected chi connectivity index (χ2v) is 8.30. The number of nitrogens with zero attached hydrogens (tertiary/aromatic N) is 4. The Morgan fingerprint density at radius 3 is 2.44 bits per heavy atom. The van der Waals surface area contributed by atoms with Crippen molar-refractivity contribution in [3.63, 3.8) is 0 Å². The van der Waals surface area contributed by atoms with Gasteiger partial charge in [0.05, 0.1) is 5.69 Å². The maximum atomic E-state index is 13.4. The van der Waals surface area contributed by atoms with Crippen molar-refractivity contribution in [1.29, 1.82) is 0 Å². The first-order chi connectivity index (χ1) is 15.3. The molecule has 172 valence electrons. The zero-order valence-electron chi connectivity index (χ0n) is 18.6. The fraction of sp³-hybridized carbons (Fsp3) is 0.478. The lowest BCUT2D eigenvalue weighted by Crippen LogP contribution is -2.54. The van der Waals surface area contributed by atoms with E-state index < -0.39 is 12.1 Å². The Morgan fingerprint density at radius 2 is 1.81 bits per heavy atom. The van der Waals surface area contributed by atoms with E-state index >= 15 is 0 Å². The molecule has 0 radical (unpaired) electrons. The van der Waals surface area contributed by atoms with E-state index in [1.165, 1.54) is 12.5 Å². The van der Waals surface area contributed by atoms with Crippen LogP contribution >= 0.6 is 0 Å². The van der Waals surface area contributed by atoms with E-state index in [0.29, 0.717) is 31.6 Å². The van der Waals surface area contributed by atoms with Gasteiger partial charge in [0.2, 0.25) is 5.91 Å². The average Bonchev–Trinajstić information content (AvgIpc) is 3.27. The smallest absolute Gasteiger partial charge is 0.416 e. The number of likely N-dealkylation sites (N-methyl/N-ethyl adjacent to an activating group) is 1. The molecule has 0 aliphatic carbocycles. The highest BCUT2D eigenvalue weighted by Gasteiger charge is 2.29. The van der Waals surface area contributed by atoms with Crippen LogP contribution < -0.4 is 5.32 Å². The molecule has 2 atom stereocenters. The van der Waals surface area contributed by atoms with Crippen LogP contribution in [-0.4, -0.2) is 74.7 Å². The Bertz CT molecular complexity index is 923. The molecule has 3 amide bonds. The number of likely N-dealkylation sites (tertiary alicyclic amines) is 1. The summed E-state index contributed by atoms with van der Waals surface area (Å²) in [5, 5.41) is 12.0. The van der Waals surface area contributed by atoms with E-state index in [4.69, 9.17) is 5.11 Å². The summed E-state index contributed by atoms with van der Waals surface area (Å²) < 4.78 is 0.987. The van der Waals surface area contributed by atoms with Gasteiger partial charge in [-0.2, -0.15) is 0 Å². The monoisotopic (exact) mass is 441 g/mol. The van der Waals surface area contributed by atoms with Crippen molar-refractivity contribution in [3.05, 3.63) is 54.1 Å². The zero-order valence-corrected chi connectivity index (χ0v) is 18.6. The Kier molecular flexibility index (Phi) is 7.86. The molecule has 9 heteroatoms. The van der Waals surface area contributed by atoms with Crippen LogP contribution in [0.5, 0.6) is 0 Å². The highest BCUT2D eigenvalue weighted by molar-refractivity contribution is 5.87. The molecule has 1 aromatic carbocycles. The standard InChI is InChI=1S/C23H31N5O4/c1-17(13-19-15-28(16-24-19)23(31)32)26(2)21(29)20(14-18-9-5-3-6-10-18)25-22(30)27-11-7-4-8-12-27/h3,5-6,9-10,15-17,20H,4,7-8,11-14H2,1-2H3,(H,25,30)(H,31,32)/t17-,20+/m1/s1. The second kappa shape index (κ2) is 10.8. The Morgan fingerprint density at radius 1 is 1.12 bits per heavy atom. The number of carboxylic acid groups (broad SMARTS) is 1. The fourth-order valence-corrected chi connectivity index (χ4v) is 3.86. The van der Waals surface area contributed by atoms with Crippen molar-refractivity contribution in [1.82, 2.24) is 24.7 Å². The number of carbonyl (C=O) groups excluding carboxylic acids is 2. The number of urea groups is 1. The van der Waals surface area contributed by atoms with E-state index in [2.05, 4.69) is 10.3 Å². The van der Waals surface area contributed by atoms with Gasteiger partial charge in [0.1, 0.15) is 12.4 Å². The Labute approximate surface area is 188 Å². The lowest BCUT2D eigenvalue weighted by Gasteiger charge is -2.32. The number of benzene rings is 1. The highest BCUT2D eigenvalue weighted by Crippen LogP contribution is 2.13. The predicted octanol–water partition coefficient (Wildman–Crippen LogP) is 2.61. The van der Waals surface area contributed by atoms with Crippen LogP contribution in [-0.2, 0) is 17.6 Å². The molecule has 3 rings (SSSR count). The minimum atomic E-state index is -1.11. The van der Waals surface area contributed by atoms with Crippen LogP contribution in [0.2, 0.25) is 0 Å². The average molecular weight is 442 g/mol. The van der Waals surface area contributed by atoms with Crippen LogP contribution in [0.15, 0.2) is 42.9 Å². The van der Waals surface area contributed by atoms with Gasteiger partial charge in [0, 0.05) is 45.2 Å². The predicted molar refractivity (Wildman–Crippen MR) is 119 cm³/mol. The summed E-state index contributed by atoms with van der Waals surface area (Å²) in [4.78, 5) is 44.8. The SMILES string of the molecule is C[C@H](Cc1cn(C(=O)O)cn1)N(C)C(=O)[C@H](Cc1ccccc1)NC(=O)N1CCCCC1. The van der Waals surface area contributed by atoms with Gasteiger partial charge in [-0.15, -0.1) is 0 Å². The molecule has 0 saturated carbocycles. The fourth-order valence-electron chi connectivity index (χ4n) is 3.86. The summed E-state index contributed by atoms with van der Waals surface area (Å²) >= 11 is 0. The third-order valence-electron chi connectivity index (χ3n) is 5.89. The third kappa shape index (κ3) is 6.09. The van der Waals surface area contributed by atoms with Gasteiger partial charge in [-0.3, -0.25) is 4.79 Å². The molecular weight excluding hydrogens is 410 g/mol. The number of hydrogen-bond donors (Lipinski definition) is 2. The van der Waals surface area contributed by atoms with E-state index in [9.17, 15) is 14.4 Å². The van der Waals surface area contributed by atoms with Crippen molar-refractivity contribution in [2.24, 2.45) is 0 Å². The molecule has 2 aromatic rings. The molecule has 1 saturated heterocycles. The number of imidazole rings is 1. The van der Waals surface area contributed by atoms with Crippen molar-refractivity contribution in [3.8, 4) is 0 Å². The van der Waals surface area contributed by atoms with Crippen LogP contribution in [0.3, 0.4) is 0 Å². The summed E-state index contributed by atoms with van der Waals surface area (Å²) in [5.41, 5.74) is 1.54. The topological polar surface area (TPSA) is 108 Å². The maximum absolute atomic E-state index is 13.4. The molecule has 9 nitrogen and oxygen atoms in total. The number of aromatic nitrogens is 2. The first kappa shape index (κ1) is 23.3. The van der Waals surface area contributed by atoms with Crippen LogP contribution in [0, 0.1) is 0 Å².